The molecule has 0 radical (unpaired) electrons. The Labute approximate surface area is 95.1 Å². The minimum absolute atomic E-state index is 0.271. The Balaban J connectivity index is 2.35. The predicted molar refractivity (Wildman–Crippen MR) is 58.6 cm³/mol. The van der Waals surface area contributed by atoms with Gasteiger partial charge in [-0.25, -0.2) is 0 Å². The van der Waals surface area contributed by atoms with Crippen LogP contribution in [-0.4, -0.2) is 22.8 Å². The molecule has 5 nitrogen and oxygen atoms in total. The lowest BCUT2D eigenvalue weighted by Crippen LogP contribution is -2.38. The molecule has 1 aromatic rings. The molecular weight excluding hydrogens is 208 g/mol. The van der Waals surface area contributed by atoms with Crippen molar-refractivity contribution in [3.63, 3.8) is 0 Å². The van der Waals surface area contributed by atoms with Crippen LogP contribution in [-0.2, 0) is 16.1 Å². The number of carbonyl (C=O) groups excluding carboxylic acids is 1. The molecule has 1 heterocycles. The van der Waals surface area contributed by atoms with Gasteiger partial charge < -0.3 is 9.26 Å². The molecule has 5 heteroatoms. The van der Waals surface area contributed by atoms with E-state index in [-0.39, 0.29) is 12.0 Å². The number of rotatable bonds is 4. The molecule has 1 atom stereocenters. The summed E-state index contributed by atoms with van der Waals surface area (Å²) in [5.74, 6) is 0.419. The van der Waals surface area contributed by atoms with Crippen LogP contribution in [0.2, 0.25) is 0 Å². The molecule has 16 heavy (non-hydrogen) atoms. The summed E-state index contributed by atoms with van der Waals surface area (Å²) in [4.78, 5) is 11.6. The molecule has 0 saturated carbocycles. The van der Waals surface area contributed by atoms with Crippen molar-refractivity contribution in [2.45, 2.75) is 45.9 Å². The standard InChI is InChI=1S/C11H18N2O3/c1-8(10(14)15-11(2,3)4)12-7-9-5-6-13-16-9/h5-6,8,12H,7H2,1-4H3. The van der Waals surface area contributed by atoms with Gasteiger partial charge >= 0.3 is 5.97 Å². The van der Waals surface area contributed by atoms with Crippen molar-refractivity contribution < 1.29 is 14.1 Å². The van der Waals surface area contributed by atoms with Crippen molar-refractivity contribution >= 4 is 5.97 Å². The normalized spacial score (nSPS) is 13.5. The van der Waals surface area contributed by atoms with E-state index >= 15 is 0 Å². The SMILES string of the molecule is CC(NCc1ccno1)C(=O)OC(C)(C)C. The van der Waals surface area contributed by atoms with Gasteiger partial charge in [0, 0.05) is 6.07 Å². The maximum absolute atomic E-state index is 11.6. The van der Waals surface area contributed by atoms with Crippen LogP contribution in [0.5, 0.6) is 0 Å². The minimum atomic E-state index is -0.459. The maximum Gasteiger partial charge on any atom is 0.323 e. The quantitative estimate of drug-likeness (QED) is 0.788. The second-order valence-electron chi connectivity index (χ2n) is 4.61. The van der Waals surface area contributed by atoms with E-state index in [2.05, 4.69) is 10.5 Å². The van der Waals surface area contributed by atoms with Crippen LogP contribution in [0, 0.1) is 0 Å². The van der Waals surface area contributed by atoms with Crippen molar-refractivity contribution in [3.8, 4) is 0 Å². The third kappa shape index (κ3) is 4.44. The third-order valence-electron chi connectivity index (χ3n) is 1.83. The fourth-order valence-electron chi connectivity index (χ4n) is 1.06. The summed E-state index contributed by atoms with van der Waals surface area (Å²) in [5, 5.41) is 6.57. The lowest BCUT2D eigenvalue weighted by Gasteiger charge is -2.22. The van der Waals surface area contributed by atoms with Crippen molar-refractivity contribution in [2.75, 3.05) is 0 Å². The van der Waals surface area contributed by atoms with Crippen LogP contribution in [0.25, 0.3) is 0 Å². The number of hydrogen-bond acceptors (Lipinski definition) is 5. The Morgan fingerprint density at radius 1 is 1.62 bits per heavy atom. The summed E-state index contributed by atoms with van der Waals surface area (Å²) in [7, 11) is 0. The lowest BCUT2D eigenvalue weighted by atomic mass is 10.2. The highest BCUT2D eigenvalue weighted by molar-refractivity contribution is 5.75. The van der Waals surface area contributed by atoms with Crippen LogP contribution in [0.4, 0.5) is 0 Å². The fourth-order valence-corrected chi connectivity index (χ4v) is 1.06. The molecule has 0 fully saturated rings. The molecule has 1 rings (SSSR count). The largest absolute Gasteiger partial charge is 0.459 e. The van der Waals surface area contributed by atoms with Gasteiger partial charge in [-0.15, -0.1) is 0 Å². The number of ether oxygens (including phenoxy) is 1. The van der Waals surface area contributed by atoms with Gasteiger partial charge in [-0.05, 0) is 27.7 Å². The van der Waals surface area contributed by atoms with E-state index in [0.717, 1.165) is 0 Å². The first kappa shape index (κ1) is 12.7. The zero-order valence-electron chi connectivity index (χ0n) is 10.1. The third-order valence-corrected chi connectivity index (χ3v) is 1.83. The number of aromatic nitrogens is 1. The number of carbonyl (C=O) groups is 1. The number of nitrogens with one attached hydrogen (secondary N) is 1. The van der Waals surface area contributed by atoms with Gasteiger partial charge in [0.2, 0.25) is 0 Å². The zero-order chi connectivity index (χ0) is 12.2. The van der Waals surface area contributed by atoms with Gasteiger partial charge in [0.15, 0.2) is 0 Å². The predicted octanol–water partition coefficient (Wildman–Crippen LogP) is 1.49. The van der Waals surface area contributed by atoms with E-state index in [1.165, 1.54) is 0 Å². The van der Waals surface area contributed by atoms with Crippen LogP contribution in [0.1, 0.15) is 33.5 Å². The smallest absolute Gasteiger partial charge is 0.323 e. The zero-order valence-corrected chi connectivity index (χ0v) is 10.1. The molecule has 0 amide bonds. The summed E-state index contributed by atoms with van der Waals surface area (Å²) in [6, 6.07) is 1.37. The molecule has 0 spiro atoms. The average Bonchev–Trinajstić information content (AvgIpc) is 2.63. The molecule has 0 aliphatic carbocycles. The second-order valence-corrected chi connectivity index (χ2v) is 4.61. The Hall–Kier alpha value is -1.36. The average molecular weight is 226 g/mol. The summed E-state index contributed by atoms with van der Waals surface area (Å²) in [6.07, 6.45) is 1.56. The van der Waals surface area contributed by atoms with Crippen molar-refractivity contribution in [3.05, 3.63) is 18.0 Å². The topological polar surface area (TPSA) is 64.4 Å². The molecule has 0 aromatic carbocycles. The number of nitrogens with zero attached hydrogens (tertiary/aromatic N) is 1. The van der Waals surface area contributed by atoms with Crippen molar-refractivity contribution in [2.24, 2.45) is 0 Å². The first-order valence-electron chi connectivity index (χ1n) is 5.24. The second kappa shape index (κ2) is 5.12. The van der Waals surface area contributed by atoms with Gasteiger partial charge in [-0.1, -0.05) is 5.16 Å². The monoisotopic (exact) mass is 226 g/mol. The minimum Gasteiger partial charge on any atom is -0.459 e. The number of esters is 1. The highest BCUT2D eigenvalue weighted by Crippen LogP contribution is 2.08. The summed E-state index contributed by atoms with van der Waals surface area (Å²) >= 11 is 0. The van der Waals surface area contributed by atoms with Gasteiger partial charge in [0.25, 0.3) is 0 Å². The Bertz CT molecular complexity index is 327. The molecule has 0 saturated heterocycles. The molecule has 0 aliphatic rings. The summed E-state index contributed by atoms with van der Waals surface area (Å²) in [6.45, 7) is 7.74. The summed E-state index contributed by atoms with van der Waals surface area (Å²) in [5.41, 5.74) is -0.459. The van der Waals surface area contributed by atoms with Crippen LogP contribution in [0.15, 0.2) is 16.8 Å². The molecule has 0 bridgehead atoms. The Morgan fingerprint density at radius 2 is 2.31 bits per heavy atom. The Morgan fingerprint density at radius 3 is 2.81 bits per heavy atom. The highest BCUT2D eigenvalue weighted by atomic mass is 16.6. The molecule has 1 unspecified atom stereocenters. The van der Waals surface area contributed by atoms with E-state index in [1.807, 2.05) is 20.8 Å². The van der Waals surface area contributed by atoms with Crippen molar-refractivity contribution in [1.29, 1.82) is 0 Å². The highest BCUT2D eigenvalue weighted by Gasteiger charge is 2.21. The molecular formula is C11H18N2O3. The lowest BCUT2D eigenvalue weighted by molar-refractivity contribution is -0.157. The van der Waals surface area contributed by atoms with E-state index in [1.54, 1.807) is 19.2 Å². The molecule has 1 N–H and O–H groups in total. The summed E-state index contributed by atoms with van der Waals surface area (Å²) < 4.78 is 10.1. The van der Waals surface area contributed by atoms with Gasteiger partial charge in [-0.2, -0.15) is 0 Å². The van der Waals surface area contributed by atoms with E-state index in [0.29, 0.717) is 12.3 Å². The molecule has 90 valence electrons. The van der Waals surface area contributed by atoms with Crippen LogP contribution >= 0.6 is 0 Å². The first-order valence-corrected chi connectivity index (χ1v) is 5.24. The van der Waals surface area contributed by atoms with E-state index in [4.69, 9.17) is 9.26 Å². The van der Waals surface area contributed by atoms with Crippen LogP contribution < -0.4 is 5.32 Å². The fraction of sp³-hybridized carbons (Fsp3) is 0.636. The maximum atomic E-state index is 11.6. The van der Waals surface area contributed by atoms with E-state index in [9.17, 15) is 4.79 Å². The van der Waals surface area contributed by atoms with Gasteiger partial charge in [-0.3, -0.25) is 10.1 Å². The van der Waals surface area contributed by atoms with E-state index < -0.39 is 5.60 Å². The molecule has 1 aromatic heterocycles. The first-order chi connectivity index (χ1) is 7.38. The van der Waals surface area contributed by atoms with Crippen LogP contribution in [0.3, 0.4) is 0 Å². The molecule has 0 aliphatic heterocycles. The van der Waals surface area contributed by atoms with Crippen molar-refractivity contribution in [1.82, 2.24) is 10.5 Å². The Kier molecular flexibility index (Phi) is 4.06. The number of hydrogen-bond donors (Lipinski definition) is 1. The van der Waals surface area contributed by atoms with Gasteiger partial charge in [0.1, 0.15) is 17.4 Å². The van der Waals surface area contributed by atoms with Gasteiger partial charge in [0.05, 0.1) is 12.7 Å².